The fourth-order valence-electron chi connectivity index (χ4n) is 2.62. The van der Waals surface area contributed by atoms with Crippen LogP contribution in [0.2, 0.25) is 0 Å². The van der Waals surface area contributed by atoms with E-state index >= 15 is 0 Å². The predicted molar refractivity (Wildman–Crippen MR) is 111 cm³/mol. The number of aromatic hydroxyl groups is 1. The van der Waals surface area contributed by atoms with E-state index in [0.717, 1.165) is 5.69 Å². The molecular formula is C22H21N3O3. The van der Waals surface area contributed by atoms with Crippen LogP contribution in [0.25, 0.3) is 0 Å². The smallest absolute Gasteiger partial charge is 0.255 e. The third-order valence-electron chi connectivity index (χ3n) is 4.13. The van der Waals surface area contributed by atoms with Gasteiger partial charge in [-0.3, -0.25) is 9.59 Å². The summed E-state index contributed by atoms with van der Waals surface area (Å²) in [7, 11) is 3.83. The Bertz CT molecular complexity index is 998. The molecule has 6 nitrogen and oxygen atoms in total. The van der Waals surface area contributed by atoms with Crippen LogP contribution in [0, 0.1) is 0 Å². The van der Waals surface area contributed by atoms with E-state index in [1.165, 1.54) is 24.3 Å². The van der Waals surface area contributed by atoms with E-state index in [1.54, 1.807) is 30.3 Å². The summed E-state index contributed by atoms with van der Waals surface area (Å²) in [5, 5.41) is 14.9. The summed E-state index contributed by atoms with van der Waals surface area (Å²) < 4.78 is 0. The van der Waals surface area contributed by atoms with Gasteiger partial charge in [0.2, 0.25) is 0 Å². The third-order valence-corrected chi connectivity index (χ3v) is 4.13. The Labute approximate surface area is 163 Å². The number of hydrogen-bond donors (Lipinski definition) is 3. The lowest BCUT2D eigenvalue weighted by molar-refractivity contribution is 0.101. The zero-order chi connectivity index (χ0) is 20.1. The molecule has 0 aromatic heterocycles. The first-order valence-electron chi connectivity index (χ1n) is 8.71. The quantitative estimate of drug-likeness (QED) is 0.630. The molecule has 0 saturated heterocycles. The van der Waals surface area contributed by atoms with Gasteiger partial charge in [0.15, 0.2) is 0 Å². The van der Waals surface area contributed by atoms with Crippen molar-refractivity contribution in [1.82, 2.24) is 0 Å². The number of nitrogens with one attached hydrogen (secondary N) is 2. The molecule has 142 valence electrons. The second-order valence-corrected chi connectivity index (χ2v) is 6.48. The van der Waals surface area contributed by atoms with Gasteiger partial charge in [0, 0.05) is 42.3 Å². The van der Waals surface area contributed by atoms with Crippen LogP contribution in [0.4, 0.5) is 17.1 Å². The van der Waals surface area contributed by atoms with Crippen LogP contribution in [0.15, 0.2) is 72.8 Å². The summed E-state index contributed by atoms with van der Waals surface area (Å²) in [5.74, 6) is -0.438. The molecule has 3 rings (SSSR count). The van der Waals surface area contributed by atoms with Gasteiger partial charge in [-0.1, -0.05) is 12.1 Å². The molecule has 3 N–H and O–H groups in total. The van der Waals surface area contributed by atoms with Crippen LogP contribution < -0.4 is 15.5 Å². The monoisotopic (exact) mass is 375 g/mol. The second kappa shape index (κ2) is 8.26. The summed E-state index contributed by atoms with van der Waals surface area (Å²) >= 11 is 0. The Morgan fingerprint density at radius 2 is 1.32 bits per heavy atom. The minimum atomic E-state index is -0.304. The first kappa shape index (κ1) is 19.0. The number of benzene rings is 3. The molecule has 3 aromatic carbocycles. The van der Waals surface area contributed by atoms with Crippen LogP contribution >= 0.6 is 0 Å². The number of rotatable bonds is 5. The SMILES string of the molecule is CN(C)c1cccc(C(=O)Nc2cccc(NC(=O)c3ccc(O)cc3)c2)c1. The van der Waals surface area contributed by atoms with E-state index in [4.69, 9.17) is 0 Å². The molecule has 6 heteroatoms. The molecule has 0 spiro atoms. The molecule has 0 radical (unpaired) electrons. The summed E-state index contributed by atoms with van der Waals surface area (Å²) in [5.41, 5.74) is 3.03. The number of amides is 2. The number of anilines is 3. The summed E-state index contributed by atoms with van der Waals surface area (Å²) in [6.45, 7) is 0. The molecule has 0 aliphatic heterocycles. The highest BCUT2D eigenvalue weighted by atomic mass is 16.3. The van der Waals surface area contributed by atoms with Gasteiger partial charge in [0.25, 0.3) is 11.8 Å². The van der Waals surface area contributed by atoms with E-state index in [-0.39, 0.29) is 17.6 Å². The number of phenols is 1. The lowest BCUT2D eigenvalue weighted by atomic mass is 10.1. The topological polar surface area (TPSA) is 81.7 Å². The largest absolute Gasteiger partial charge is 0.508 e. The molecule has 0 aliphatic rings. The van der Waals surface area contributed by atoms with Gasteiger partial charge in [-0.05, 0) is 60.7 Å². The average Bonchev–Trinajstić information content (AvgIpc) is 2.68. The molecule has 0 fully saturated rings. The molecular weight excluding hydrogens is 354 g/mol. The second-order valence-electron chi connectivity index (χ2n) is 6.48. The maximum absolute atomic E-state index is 12.5. The van der Waals surface area contributed by atoms with Crippen LogP contribution in [0.3, 0.4) is 0 Å². The Morgan fingerprint density at radius 1 is 0.750 bits per heavy atom. The first-order valence-corrected chi connectivity index (χ1v) is 8.71. The van der Waals surface area contributed by atoms with Crippen molar-refractivity contribution < 1.29 is 14.7 Å². The fourth-order valence-corrected chi connectivity index (χ4v) is 2.62. The number of hydrogen-bond acceptors (Lipinski definition) is 4. The third kappa shape index (κ3) is 4.67. The maximum atomic E-state index is 12.5. The molecule has 3 aromatic rings. The van der Waals surface area contributed by atoms with Crippen molar-refractivity contribution in [1.29, 1.82) is 0 Å². The van der Waals surface area contributed by atoms with Crippen molar-refractivity contribution >= 4 is 28.9 Å². The van der Waals surface area contributed by atoms with Gasteiger partial charge in [-0.2, -0.15) is 0 Å². The zero-order valence-corrected chi connectivity index (χ0v) is 15.6. The van der Waals surface area contributed by atoms with Gasteiger partial charge < -0.3 is 20.6 Å². The predicted octanol–water partition coefficient (Wildman–Crippen LogP) is 3.96. The van der Waals surface area contributed by atoms with Gasteiger partial charge in [-0.15, -0.1) is 0 Å². The highest BCUT2D eigenvalue weighted by Crippen LogP contribution is 2.19. The van der Waals surface area contributed by atoms with Gasteiger partial charge in [-0.25, -0.2) is 0 Å². The standard InChI is InChI=1S/C22H21N3O3/c1-25(2)19-8-3-5-16(13-19)22(28)24-18-7-4-6-17(14-18)23-21(27)15-9-11-20(26)12-10-15/h3-14,26H,1-2H3,(H,23,27)(H,24,28). The number of nitrogens with zero attached hydrogens (tertiary/aromatic N) is 1. The van der Waals surface area contributed by atoms with E-state index in [2.05, 4.69) is 10.6 Å². The van der Waals surface area contributed by atoms with Crippen molar-refractivity contribution in [3.8, 4) is 5.75 Å². The maximum Gasteiger partial charge on any atom is 0.255 e. The summed E-state index contributed by atoms with van der Waals surface area (Å²) in [6, 6.07) is 20.2. The minimum absolute atomic E-state index is 0.0968. The molecule has 0 saturated carbocycles. The average molecular weight is 375 g/mol. The molecule has 28 heavy (non-hydrogen) atoms. The van der Waals surface area contributed by atoms with Crippen LogP contribution in [-0.2, 0) is 0 Å². The molecule has 2 amide bonds. The van der Waals surface area contributed by atoms with Crippen LogP contribution in [-0.4, -0.2) is 31.0 Å². The minimum Gasteiger partial charge on any atom is -0.508 e. The van der Waals surface area contributed by atoms with Crippen molar-refractivity contribution in [2.45, 2.75) is 0 Å². The Balaban J connectivity index is 1.71. The highest BCUT2D eigenvalue weighted by molar-refractivity contribution is 6.06. The summed E-state index contributed by atoms with van der Waals surface area (Å²) in [4.78, 5) is 26.8. The number of carbonyl (C=O) groups is 2. The normalized spacial score (nSPS) is 10.2. The van der Waals surface area contributed by atoms with E-state index in [0.29, 0.717) is 22.5 Å². The lowest BCUT2D eigenvalue weighted by Crippen LogP contribution is -2.15. The van der Waals surface area contributed by atoms with E-state index in [9.17, 15) is 14.7 Å². The Morgan fingerprint density at radius 3 is 1.93 bits per heavy atom. The highest BCUT2D eigenvalue weighted by Gasteiger charge is 2.10. The van der Waals surface area contributed by atoms with Gasteiger partial charge in [0.05, 0.1) is 0 Å². The van der Waals surface area contributed by atoms with Crippen LogP contribution in [0.5, 0.6) is 5.75 Å². The van der Waals surface area contributed by atoms with Gasteiger partial charge in [0.1, 0.15) is 5.75 Å². The molecule has 0 bridgehead atoms. The zero-order valence-electron chi connectivity index (χ0n) is 15.6. The number of phenolic OH excluding ortho intramolecular Hbond substituents is 1. The Hall–Kier alpha value is -3.80. The Kier molecular flexibility index (Phi) is 5.60. The molecule has 0 unspecified atom stereocenters. The van der Waals surface area contributed by atoms with Crippen molar-refractivity contribution in [3.63, 3.8) is 0 Å². The summed E-state index contributed by atoms with van der Waals surface area (Å²) in [6.07, 6.45) is 0. The number of carbonyl (C=O) groups excluding carboxylic acids is 2. The fraction of sp³-hybridized carbons (Fsp3) is 0.0909. The van der Waals surface area contributed by atoms with E-state index < -0.39 is 0 Å². The van der Waals surface area contributed by atoms with Gasteiger partial charge >= 0.3 is 0 Å². The van der Waals surface area contributed by atoms with Crippen molar-refractivity contribution in [2.24, 2.45) is 0 Å². The molecule has 0 aliphatic carbocycles. The first-order chi connectivity index (χ1) is 13.4. The van der Waals surface area contributed by atoms with E-state index in [1.807, 2.05) is 37.2 Å². The van der Waals surface area contributed by atoms with Crippen molar-refractivity contribution in [3.05, 3.63) is 83.9 Å². The molecule has 0 atom stereocenters. The lowest BCUT2D eigenvalue weighted by Gasteiger charge is -2.14. The van der Waals surface area contributed by atoms with Crippen LogP contribution in [0.1, 0.15) is 20.7 Å². The van der Waals surface area contributed by atoms with Crippen molar-refractivity contribution in [2.75, 3.05) is 29.6 Å². The molecule has 0 heterocycles.